The van der Waals surface area contributed by atoms with Crippen LogP contribution in [0.5, 0.6) is 11.5 Å². The van der Waals surface area contributed by atoms with E-state index in [1.165, 1.54) is 6.26 Å². The summed E-state index contributed by atoms with van der Waals surface area (Å²) in [6.07, 6.45) is 1.93. The summed E-state index contributed by atoms with van der Waals surface area (Å²) < 4.78 is 16.4. The molecule has 5 rings (SSSR count). The Kier molecular flexibility index (Phi) is 5.34. The highest BCUT2D eigenvalue weighted by Crippen LogP contribution is 2.33. The molecule has 0 saturated heterocycles. The van der Waals surface area contributed by atoms with Crippen LogP contribution in [0.1, 0.15) is 21.5 Å². The molecule has 3 aromatic carbocycles. The van der Waals surface area contributed by atoms with E-state index in [1.54, 1.807) is 29.2 Å². The van der Waals surface area contributed by atoms with Gasteiger partial charge in [0.15, 0.2) is 11.5 Å². The number of carbonyl (C=O) groups excluding carboxylic acids is 1. The van der Waals surface area contributed by atoms with Gasteiger partial charge in [0.2, 0.25) is 12.2 Å². The Bertz CT molecular complexity index is 1330. The Morgan fingerprint density at radius 1 is 0.875 bits per heavy atom. The van der Waals surface area contributed by atoms with Crippen molar-refractivity contribution in [1.82, 2.24) is 4.90 Å². The van der Waals surface area contributed by atoms with E-state index in [0.29, 0.717) is 42.0 Å². The first-order valence-corrected chi connectivity index (χ1v) is 10.4. The number of fused-ring (bicyclic) bond motifs is 2. The van der Waals surface area contributed by atoms with Crippen LogP contribution in [0.2, 0.25) is 0 Å². The third-order valence-corrected chi connectivity index (χ3v) is 5.52. The van der Waals surface area contributed by atoms with Gasteiger partial charge in [-0.2, -0.15) is 0 Å². The molecule has 2 heterocycles. The van der Waals surface area contributed by atoms with Gasteiger partial charge in [-0.1, -0.05) is 48.5 Å². The predicted molar refractivity (Wildman–Crippen MR) is 120 cm³/mol. The zero-order chi connectivity index (χ0) is 21.9. The standard InChI is InChI=1S/C26H21NO5/c28-25-20-8-4-5-9-22(20)30-16-21(25)26(29)27(13-12-18-6-2-1-3-7-18)15-19-10-11-23-24(14-19)32-17-31-23/h1-11,14,16H,12-13,15,17H2. The largest absolute Gasteiger partial charge is 0.463 e. The molecule has 6 heteroatoms. The van der Waals surface area contributed by atoms with Crippen LogP contribution < -0.4 is 14.9 Å². The highest BCUT2D eigenvalue weighted by molar-refractivity contribution is 5.96. The molecule has 4 aromatic rings. The quantitative estimate of drug-likeness (QED) is 0.456. The Morgan fingerprint density at radius 3 is 2.53 bits per heavy atom. The molecular formula is C26H21NO5. The summed E-state index contributed by atoms with van der Waals surface area (Å²) in [6.45, 7) is 0.964. The lowest BCUT2D eigenvalue weighted by Gasteiger charge is -2.23. The second kappa shape index (κ2) is 8.59. The fourth-order valence-corrected chi connectivity index (χ4v) is 3.82. The average Bonchev–Trinajstić information content (AvgIpc) is 3.30. The van der Waals surface area contributed by atoms with E-state index in [0.717, 1.165) is 11.1 Å². The van der Waals surface area contributed by atoms with Gasteiger partial charge < -0.3 is 18.8 Å². The third kappa shape index (κ3) is 3.95. The molecule has 6 nitrogen and oxygen atoms in total. The van der Waals surface area contributed by atoms with Crippen molar-refractivity contribution in [3.8, 4) is 11.5 Å². The SMILES string of the molecule is O=C(c1coc2ccccc2c1=O)N(CCc1ccccc1)Cc1ccc2c(c1)OCO2. The summed E-state index contributed by atoms with van der Waals surface area (Å²) in [7, 11) is 0. The number of benzene rings is 3. The molecule has 0 N–H and O–H groups in total. The second-order valence-corrected chi connectivity index (χ2v) is 7.62. The van der Waals surface area contributed by atoms with E-state index in [9.17, 15) is 9.59 Å². The van der Waals surface area contributed by atoms with Gasteiger partial charge in [0.25, 0.3) is 5.91 Å². The van der Waals surface area contributed by atoms with Gasteiger partial charge in [-0.25, -0.2) is 0 Å². The Balaban J connectivity index is 1.46. The van der Waals surface area contributed by atoms with Crippen molar-refractivity contribution in [1.29, 1.82) is 0 Å². The zero-order valence-electron chi connectivity index (χ0n) is 17.3. The van der Waals surface area contributed by atoms with Crippen LogP contribution in [0.15, 0.2) is 88.3 Å². The summed E-state index contributed by atoms with van der Waals surface area (Å²) in [5, 5.41) is 0.393. The van der Waals surface area contributed by atoms with Gasteiger partial charge in [-0.05, 0) is 41.8 Å². The minimum absolute atomic E-state index is 0.0255. The summed E-state index contributed by atoms with van der Waals surface area (Å²) in [6, 6.07) is 22.5. The Hall–Kier alpha value is -4.06. The van der Waals surface area contributed by atoms with E-state index in [-0.39, 0.29) is 23.7 Å². The number of carbonyl (C=O) groups is 1. The van der Waals surface area contributed by atoms with Crippen molar-refractivity contribution in [2.75, 3.05) is 13.3 Å². The molecule has 0 radical (unpaired) electrons. The van der Waals surface area contributed by atoms with Gasteiger partial charge in [0, 0.05) is 13.1 Å². The highest BCUT2D eigenvalue weighted by atomic mass is 16.7. The lowest BCUT2D eigenvalue weighted by atomic mass is 10.1. The van der Waals surface area contributed by atoms with Crippen molar-refractivity contribution in [3.05, 3.63) is 106 Å². The van der Waals surface area contributed by atoms with Gasteiger partial charge in [-0.3, -0.25) is 9.59 Å². The number of ether oxygens (including phenoxy) is 2. The number of amides is 1. The highest BCUT2D eigenvalue weighted by Gasteiger charge is 2.22. The van der Waals surface area contributed by atoms with Crippen molar-refractivity contribution < 1.29 is 18.7 Å². The van der Waals surface area contributed by atoms with Crippen LogP contribution in [0, 0.1) is 0 Å². The van der Waals surface area contributed by atoms with Crippen molar-refractivity contribution >= 4 is 16.9 Å². The monoisotopic (exact) mass is 427 g/mol. The molecule has 1 amide bonds. The van der Waals surface area contributed by atoms with Crippen LogP contribution in [-0.4, -0.2) is 24.1 Å². The maximum absolute atomic E-state index is 13.5. The second-order valence-electron chi connectivity index (χ2n) is 7.62. The Labute approximate surface area is 184 Å². The molecule has 1 aromatic heterocycles. The van der Waals surface area contributed by atoms with Crippen LogP contribution in [-0.2, 0) is 13.0 Å². The van der Waals surface area contributed by atoms with Crippen LogP contribution in [0.4, 0.5) is 0 Å². The van der Waals surface area contributed by atoms with Gasteiger partial charge >= 0.3 is 0 Å². The molecule has 0 unspecified atom stereocenters. The lowest BCUT2D eigenvalue weighted by Crippen LogP contribution is -2.35. The van der Waals surface area contributed by atoms with E-state index >= 15 is 0 Å². The maximum Gasteiger partial charge on any atom is 0.261 e. The molecule has 0 spiro atoms. The molecule has 1 aliphatic rings. The van der Waals surface area contributed by atoms with Gasteiger partial charge in [0.05, 0.1) is 5.39 Å². The fourth-order valence-electron chi connectivity index (χ4n) is 3.82. The van der Waals surface area contributed by atoms with E-state index < -0.39 is 0 Å². The van der Waals surface area contributed by atoms with Crippen molar-refractivity contribution in [2.24, 2.45) is 0 Å². The molecule has 0 bridgehead atoms. The zero-order valence-corrected chi connectivity index (χ0v) is 17.3. The number of para-hydroxylation sites is 1. The first kappa shape index (κ1) is 19.9. The topological polar surface area (TPSA) is 69.0 Å². The van der Waals surface area contributed by atoms with Crippen LogP contribution in [0.3, 0.4) is 0 Å². The molecule has 160 valence electrons. The maximum atomic E-state index is 13.5. The summed E-state index contributed by atoms with van der Waals surface area (Å²) in [5.41, 5.74) is 2.16. The Morgan fingerprint density at radius 2 is 1.66 bits per heavy atom. The minimum atomic E-state index is -0.363. The number of hydrogen-bond donors (Lipinski definition) is 0. The number of rotatable bonds is 6. The molecule has 0 atom stereocenters. The summed E-state index contributed by atoms with van der Waals surface area (Å²) in [5.74, 6) is 0.979. The third-order valence-electron chi connectivity index (χ3n) is 5.52. The smallest absolute Gasteiger partial charge is 0.261 e. The molecular weight excluding hydrogens is 406 g/mol. The summed E-state index contributed by atoms with van der Waals surface area (Å²) >= 11 is 0. The van der Waals surface area contributed by atoms with Gasteiger partial charge in [0.1, 0.15) is 17.4 Å². The van der Waals surface area contributed by atoms with Crippen LogP contribution in [0.25, 0.3) is 11.0 Å². The molecule has 0 aliphatic carbocycles. The summed E-state index contributed by atoms with van der Waals surface area (Å²) in [4.78, 5) is 28.2. The lowest BCUT2D eigenvalue weighted by molar-refractivity contribution is 0.0741. The first-order chi connectivity index (χ1) is 15.7. The normalized spacial score (nSPS) is 12.1. The minimum Gasteiger partial charge on any atom is -0.463 e. The predicted octanol–water partition coefficient (Wildman–Crippen LogP) is 4.41. The van der Waals surface area contributed by atoms with E-state index in [2.05, 4.69) is 0 Å². The average molecular weight is 427 g/mol. The number of hydrogen-bond acceptors (Lipinski definition) is 5. The van der Waals surface area contributed by atoms with Gasteiger partial charge in [-0.15, -0.1) is 0 Å². The van der Waals surface area contributed by atoms with E-state index in [1.807, 2.05) is 48.5 Å². The van der Waals surface area contributed by atoms with Crippen LogP contribution >= 0.6 is 0 Å². The molecule has 0 saturated carbocycles. The fraction of sp³-hybridized carbons (Fsp3) is 0.154. The molecule has 0 fully saturated rings. The van der Waals surface area contributed by atoms with Crippen molar-refractivity contribution in [2.45, 2.75) is 13.0 Å². The number of nitrogens with zero attached hydrogens (tertiary/aromatic N) is 1. The van der Waals surface area contributed by atoms with Crippen molar-refractivity contribution in [3.63, 3.8) is 0 Å². The first-order valence-electron chi connectivity index (χ1n) is 10.4. The molecule has 1 aliphatic heterocycles. The molecule has 32 heavy (non-hydrogen) atoms. The van der Waals surface area contributed by atoms with E-state index in [4.69, 9.17) is 13.9 Å².